The summed E-state index contributed by atoms with van der Waals surface area (Å²) in [6, 6.07) is 6.22. The van der Waals surface area contributed by atoms with E-state index >= 15 is 0 Å². The van der Waals surface area contributed by atoms with Gasteiger partial charge in [-0.3, -0.25) is 0 Å². The van der Waals surface area contributed by atoms with Crippen LogP contribution in [-0.2, 0) is 5.33 Å². The predicted molar refractivity (Wildman–Crippen MR) is 53.6 cm³/mol. The third kappa shape index (κ3) is 1.16. The smallest absolute Gasteiger partial charge is 0.134 e. The Morgan fingerprint density at radius 2 is 2.25 bits per heavy atom. The van der Waals surface area contributed by atoms with E-state index in [1.54, 1.807) is 6.26 Å². The number of halogens is 1. The number of benzene rings is 1. The summed E-state index contributed by atoms with van der Waals surface area (Å²) in [6.45, 7) is 2.11. The van der Waals surface area contributed by atoms with E-state index in [2.05, 4.69) is 35.0 Å². The first-order valence-electron chi connectivity index (χ1n) is 3.84. The molecule has 0 aliphatic carbocycles. The molecule has 1 nitrogen and oxygen atoms in total. The second-order valence-corrected chi connectivity index (χ2v) is 3.43. The normalized spacial score (nSPS) is 10.8. The maximum absolute atomic E-state index is 5.29. The monoisotopic (exact) mass is 224 g/mol. The van der Waals surface area contributed by atoms with Crippen molar-refractivity contribution < 1.29 is 4.42 Å². The summed E-state index contributed by atoms with van der Waals surface area (Å²) in [5, 5.41) is 2.06. The van der Waals surface area contributed by atoms with Crippen LogP contribution in [0, 0.1) is 6.92 Å². The summed E-state index contributed by atoms with van der Waals surface area (Å²) >= 11 is 3.44. The number of hydrogen-bond donors (Lipinski definition) is 0. The zero-order valence-electron chi connectivity index (χ0n) is 6.80. The molecule has 2 rings (SSSR count). The molecule has 0 spiro atoms. The van der Waals surface area contributed by atoms with Gasteiger partial charge in [0, 0.05) is 10.7 Å². The predicted octanol–water partition coefficient (Wildman–Crippen LogP) is 3.64. The van der Waals surface area contributed by atoms with Crippen LogP contribution < -0.4 is 0 Å². The van der Waals surface area contributed by atoms with Gasteiger partial charge in [0.15, 0.2) is 0 Å². The minimum atomic E-state index is 0.884. The summed E-state index contributed by atoms with van der Waals surface area (Å²) in [7, 11) is 0. The Balaban J connectivity index is 2.73. The summed E-state index contributed by atoms with van der Waals surface area (Å²) in [5.74, 6) is 0. The van der Waals surface area contributed by atoms with Crippen molar-refractivity contribution in [3.05, 3.63) is 35.6 Å². The molecule has 0 bridgehead atoms. The number of furan rings is 1. The van der Waals surface area contributed by atoms with Crippen molar-refractivity contribution in [2.45, 2.75) is 12.3 Å². The largest absolute Gasteiger partial charge is 0.464 e. The Hall–Kier alpha value is -0.760. The summed E-state index contributed by atoms with van der Waals surface area (Å²) in [6.07, 6.45) is 1.72. The average molecular weight is 225 g/mol. The minimum absolute atomic E-state index is 0.884. The van der Waals surface area contributed by atoms with Crippen LogP contribution >= 0.6 is 15.9 Å². The second-order valence-electron chi connectivity index (χ2n) is 2.87. The SMILES string of the molecule is Cc1cc2ccoc2cc1CBr. The first kappa shape index (κ1) is 7.87. The first-order valence-corrected chi connectivity index (χ1v) is 4.96. The summed E-state index contributed by atoms with van der Waals surface area (Å²) in [4.78, 5) is 0. The van der Waals surface area contributed by atoms with E-state index < -0.39 is 0 Å². The van der Waals surface area contributed by atoms with Gasteiger partial charge in [0.1, 0.15) is 5.58 Å². The fourth-order valence-electron chi connectivity index (χ4n) is 1.31. The lowest BCUT2D eigenvalue weighted by atomic mass is 10.1. The zero-order chi connectivity index (χ0) is 8.55. The van der Waals surface area contributed by atoms with Crippen molar-refractivity contribution >= 4 is 26.9 Å². The molecule has 2 heteroatoms. The van der Waals surface area contributed by atoms with Crippen LogP contribution in [0.4, 0.5) is 0 Å². The molecule has 0 radical (unpaired) electrons. The average Bonchev–Trinajstić information content (AvgIpc) is 2.49. The van der Waals surface area contributed by atoms with Crippen molar-refractivity contribution in [2.75, 3.05) is 0 Å². The van der Waals surface area contributed by atoms with Gasteiger partial charge in [-0.15, -0.1) is 0 Å². The molecule has 62 valence electrons. The molecule has 0 N–H and O–H groups in total. The Labute approximate surface area is 79.5 Å². The lowest BCUT2D eigenvalue weighted by Crippen LogP contribution is -1.82. The second kappa shape index (κ2) is 2.94. The van der Waals surface area contributed by atoms with Gasteiger partial charge in [-0.05, 0) is 36.2 Å². The standard InChI is InChI=1S/C10H9BrO/c1-7-4-8-2-3-12-10(8)5-9(7)6-11/h2-5H,6H2,1H3. The van der Waals surface area contributed by atoms with E-state index in [9.17, 15) is 0 Å². The molecule has 0 amide bonds. The van der Waals surface area contributed by atoms with Crippen LogP contribution in [0.1, 0.15) is 11.1 Å². The fraction of sp³-hybridized carbons (Fsp3) is 0.200. The number of rotatable bonds is 1. The topological polar surface area (TPSA) is 13.1 Å². The van der Waals surface area contributed by atoms with Crippen LogP contribution in [0.2, 0.25) is 0 Å². The fourth-order valence-corrected chi connectivity index (χ4v) is 1.91. The van der Waals surface area contributed by atoms with Gasteiger partial charge in [0.25, 0.3) is 0 Å². The highest BCUT2D eigenvalue weighted by Gasteiger charge is 2.01. The Kier molecular flexibility index (Phi) is 1.93. The van der Waals surface area contributed by atoms with Crippen molar-refractivity contribution in [1.82, 2.24) is 0 Å². The van der Waals surface area contributed by atoms with Crippen LogP contribution in [0.25, 0.3) is 11.0 Å². The molecule has 0 atom stereocenters. The molecule has 1 heterocycles. The van der Waals surface area contributed by atoms with Crippen LogP contribution in [-0.4, -0.2) is 0 Å². The number of alkyl halides is 1. The van der Waals surface area contributed by atoms with Gasteiger partial charge in [0.2, 0.25) is 0 Å². The van der Waals surface area contributed by atoms with Crippen molar-refractivity contribution in [2.24, 2.45) is 0 Å². The van der Waals surface area contributed by atoms with Gasteiger partial charge in [-0.2, -0.15) is 0 Å². The molecule has 0 fully saturated rings. The Bertz CT molecular complexity index is 403. The minimum Gasteiger partial charge on any atom is -0.464 e. The lowest BCUT2D eigenvalue weighted by molar-refractivity contribution is 0.615. The summed E-state index contributed by atoms with van der Waals surface area (Å²) in [5.41, 5.74) is 3.56. The maximum atomic E-state index is 5.29. The molecule has 0 saturated carbocycles. The van der Waals surface area contributed by atoms with Gasteiger partial charge in [-0.25, -0.2) is 0 Å². The lowest BCUT2D eigenvalue weighted by Gasteiger charge is -2.00. The molecular formula is C10H9BrO. The number of aryl methyl sites for hydroxylation is 1. The Morgan fingerprint density at radius 3 is 3.00 bits per heavy atom. The van der Waals surface area contributed by atoms with E-state index in [0.29, 0.717) is 0 Å². The van der Waals surface area contributed by atoms with Crippen LogP contribution in [0.15, 0.2) is 28.9 Å². The maximum Gasteiger partial charge on any atom is 0.134 e. The van der Waals surface area contributed by atoms with E-state index in [1.165, 1.54) is 16.5 Å². The third-order valence-electron chi connectivity index (χ3n) is 2.05. The molecule has 1 aromatic heterocycles. The summed E-state index contributed by atoms with van der Waals surface area (Å²) < 4.78 is 5.29. The van der Waals surface area contributed by atoms with Crippen molar-refractivity contribution in [1.29, 1.82) is 0 Å². The van der Waals surface area contributed by atoms with E-state index in [4.69, 9.17) is 4.42 Å². The number of fused-ring (bicyclic) bond motifs is 1. The highest BCUT2D eigenvalue weighted by Crippen LogP contribution is 2.21. The Morgan fingerprint density at radius 1 is 1.42 bits per heavy atom. The van der Waals surface area contributed by atoms with Crippen molar-refractivity contribution in [3.8, 4) is 0 Å². The molecule has 0 unspecified atom stereocenters. The van der Waals surface area contributed by atoms with Crippen LogP contribution in [0.5, 0.6) is 0 Å². The van der Waals surface area contributed by atoms with E-state index in [0.717, 1.165) is 10.9 Å². The molecule has 0 aliphatic heterocycles. The van der Waals surface area contributed by atoms with Gasteiger partial charge >= 0.3 is 0 Å². The molecule has 2 aromatic rings. The molecule has 1 aromatic carbocycles. The molecule has 12 heavy (non-hydrogen) atoms. The molecule has 0 aliphatic rings. The van der Waals surface area contributed by atoms with Crippen LogP contribution in [0.3, 0.4) is 0 Å². The third-order valence-corrected chi connectivity index (χ3v) is 2.66. The van der Waals surface area contributed by atoms with E-state index in [1.807, 2.05) is 6.07 Å². The highest BCUT2D eigenvalue weighted by atomic mass is 79.9. The highest BCUT2D eigenvalue weighted by molar-refractivity contribution is 9.08. The van der Waals surface area contributed by atoms with Gasteiger partial charge in [0.05, 0.1) is 6.26 Å². The quantitative estimate of drug-likeness (QED) is 0.675. The van der Waals surface area contributed by atoms with E-state index in [-0.39, 0.29) is 0 Å². The first-order chi connectivity index (χ1) is 5.81. The zero-order valence-corrected chi connectivity index (χ0v) is 8.39. The van der Waals surface area contributed by atoms with Gasteiger partial charge < -0.3 is 4.42 Å². The number of hydrogen-bond acceptors (Lipinski definition) is 1. The van der Waals surface area contributed by atoms with Crippen molar-refractivity contribution in [3.63, 3.8) is 0 Å². The molecular weight excluding hydrogens is 216 g/mol. The van der Waals surface area contributed by atoms with Gasteiger partial charge in [-0.1, -0.05) is 15.9 Å². The molecule has 0 saturated heterocycles.